The van der Waals surface area contributed by atoms with Gasteiger partial charge in [-0.15, -0.1) is 12.4 Å². The molecule has 1 heterocycles. The summed E-state index contributed by atoms with van der Waals surface area (Å²) in [4.78, 5) is 14.9. The second-order valence-corrected chi connectivity index (χ2v) is 5.96. The molecular formula is C20H22ClNO3. The molecule has 0 aliphatic carbocycles. The van der Waals surface area contributed by atoms with Crippen LogP contribution in [0.25, 0.3) is 22.3 Å². The van der Waals surface area contributed by atoms with Gasteiger partial charge in [-0.2, -0.15) is 0 Å². The Hall–Kier alpha value is -2.30. The molecule has 3 rings (SSSR count). The van der Waals surface area contributed by atoms with Gasteiger partial charge in [-0.25, -0.2) is 0 Å². The van der Waals surface area contributed by atoms with Crippen LogP contribution in [0, 0.1) is 0 Å². The summed E-state index contributed by atoms with van der Waals surface area (Å²) < 4.78 is 11.9. The minimum atomic E-state index is -0.124. The third kappa shape index (κ3) is 4.41. The Kier molecular flexibility index (Phi) is 6.62. The molecule has 0 spiro atoms. The molecule has 2 aromatic carbocycles. The van der Waals surface area contributed by atoms with Crippen LogP contribution < -0.4 is 10.2 Å². The molecule has 4 nitrogen and oxygen atoms in total. The number of halogens is 1. The molecule has 25 heavy (non-hydrogen) atoms. The van der Waals surface area contributed by atoms with Crippen molar-refractivity contribution in [1.29, 1.82) is 0 Å². The first kappa shape index (κ1) is 19.0. The molecule has 0 fully saturated rings. The number of rotatable bonds is 6. The van der Waals surface area contributed by atoms with Crippen LogP contribution >= 0.6 is 12.4 Å². The summed E-state index contributed by atoms with van der Waals surface area (Å²) in [5, 5.41) is 0.541. The Bertz CT molecular complexity index is 875. The van der Waals surface area contributed by atoms with Gasteiger partial charge in [0.1, 0.15) is 5.58 Å². The van der Waals surface area contributed by atoms with Gasteiger partial charge in [-0.05, 0) is 32.6 Å². The van der Waals surface area contributed by atoms with E-state index in [4.69, 9.17) is 9.15 Å². The molecular weight excluding hydrogens is 338 g/mol. The number of para-hydroxylation sites is 1. The van der Waals surface area contributed by atoms with Crippen LogP contribution in [0.15, 0.2) is 63.8 Å². The molecule has 1 aromatic heterocycles. The minimum absolute atomic E-state index is 0. The van der Waals surface area contributed by atoms with E-state index in [0.717, 1.165) is 18.5 Å². The second kappa shape index (κ2) is 8.70. The highest BCUT2D eigenvalue weighted by molar-refractivity contribution is 5.85. The average Bonchev–Trinajstić information content (AvgIpc) is 2.60. The molecule has 0 bridgehead atoms. The van der Waals surface area contributed by atoms with Crippen LogP contribution in [-0.4, -0.2) is 32.1 Å². The summed E-state index contributed by atoms with van der Waals surface area (Å²) >= 11 is 0. The first-order valence-electron chi connectivity index (χ1n) is 8.05. The number of benzene rings is 2. The van der Waals surface area contributed by atoms with Crippen LogP contribution in [0.5, 0.6) is 5.75 Å². The van der Waals surface area contributed by atoms with Gasteiger partial charge in [0.05, 0.1) is 12.0 Å². The molecule has 0 aliphatic rings. The van der Waals surface area contributed by atoms with E-state index in [1.807, 2.05) is 56.6 Å². The third-order valence-electron chi connectivity index (χ3n) is 3.79. The van der Waals surface area contributed by atoms with Crippen LogP contribution in [0.4, 0.5) is 0 Å². The fourth-order valence-electron chi connectivity index (χ4n) is 2.59. The van der Waals surface area contributed by atoms with E-state index in [-0.39, 0.29) is 17.8 Å². The summed E-state index contributed by atoms with van der Waals surface area (Å²) in [6.45, 7) is 1.38. The highest BCUT2D eigenvalue weighted by Crippen LogP contribution is 2.30. The van der Waals surface area contributed by atoms with Gasteiger partial charge in [0.15, 0.2) is 5.76 Å². The molecule has 132 valence electrons. The van der Waals surface area contributed by atoms with Gasteiger partial charge in [0.25, 0.3) is 0 Å². The summed E-state index contributed by atoms with van der Waals surface area (Å²) in [7, 11) is 4.03. The van der Waals surface area contributed by atoms with Crippen molar-refractivity contribution in [2.45, 2.75) is 6.42 Å². The molecule has 0 unspecified atom stereocenters. The number of nitrogens with zero attached hydrogens (tertiary/aromatic N) is 1. The zero-order chi connectivity index (χ0) is 16.9. The summed E-state index contributed by atoms with van der Waals surface area (Å²) in [5.41, 5.74) is 1.28. The minimum Gasteiger partial charge on any atom is -0.486 e. The molecule has 0 aliphatic heterocycles. The molecule has 5 heteroatoms. The topological polar surface area (TPSA) is 42.7 Å². The van der Waals surface area contributed by atoms with E-state index >= 15 is 0 Å². The lowest BCUT2D eigenvalue weighted by molar-refractivity contribution is 0.276. The average molecular weight is 360 g/mol. The maximum atomic E-state index is 12.9. The molecule has 0 atom stereocenters. The number of hydrogen-bond donors (Lipinski definition) is 0. The van der Waals surface area contributed by atoms with Gasteiger partial charge in [-0.3, -0.25) is 4.79 Å². The van der Waals surface area contributed by atoms with Crippen molar-refractivity contribution in [3.8, 4) is 17.1 Å². The lowest BCUT2D eigenvalue weighted by Gasteiger charge is -2.13. The lowest BCUT2D eigenvalue weighted by Crippen LogP contribution is -2.17. The Morgan fingerprint density at radius 1 is 1.00 bits per heavy atom. The highest BCUT2D eigenvalue weighted by Gasteiger charge is 2.17. The quantitative estimate of drug-likeness (QED) is 0.618. The zero-order valence-corrected chi connectivity index (χ0v) is 15.2. The Labute approximate surface area is 153 Å². The normalized spacial score (nSPS) is 10.7. The van der Waals surface area contributed by atoms with E-state index in [9.17, 15) is 4.79 Å². The van der Waals surface area contributed by atoms with Crippen molar-refractivity contribution in [2.24, 2.45) is 0 Å². The second-order valence-electron chi connectivity index (χ2n) is 5.96. The van der Waals surface area contributed by atoms with Crippen molar-refractivity contribution in [2.75, 3.05) is 27.2 Å². The first-order valence-corrected chi connectivity index (χ1v) is 8.05. The fourth-order valence-corrected chi connectivity index (χ4v) is 2.59. The molecule has 0 radical (unpaired) electrons. The van der Waals surface area contributed by atoms with Gasteiger partial charge in [0.2, 0.25) is 11.2 Å². The molecule has 3 aromatic rings. The van der Waals surface area contributed by atoms with E-state index in [2.05, 4.69) is 4.90 Å². The summed E-state index contributed by atoms with van der Waals surface area (Å²) in [5.74, 6) is 0.780. The number of fused-ring (bicyclic) bond motifs is 1. The largest absolute Gasteiger partial charge is 0.486 e. The van der Waals surface area contributed by atoms with Crippen LogP contribution in [0.2, 0.25) is 0 Å². The smallest absolute Gasteiger partial charge is 0.235 e. The Morgan fingerprint density at radius 2 is 1.68 bits per heavy atom. The molecule has 0 saturated heterocycles. The van der Waals surface area contributed by atoms with Crippen molar-refractivity contribution in [3.05, 3.63) is 64.8 Å². The highest BCUT2D eigenvalue weighted by atomic mass is 35.5. The first-order chi connectivity index (χ1) is 11.7. The fraction of sp³-hybridized carbons (Fsp3) is 0.250. The number of hydrogen-bond acceptors (Lipinski definition) is 4. The maximum absolute atomic E-state index is 12.9. The van der Waals surface area contributed by atoms with E-state index in [0.29, 0.717) is 29.1 Å². The van der Waals surface area contributed by atoms with Crippen LogP contribution in [0.1, 0.15) is 6.42 Å². The SMILES string of the molecule is CN(C)CCCOc1c(-c2ccccc2)oc2ccccc2c1=O.Cl. The standard InChI is InChI=1S/C20H21NO3.ClH/c1-21(2)13-8-14-23-20-18(22)16-11-6-7-12-17(16)24-19(20)15-9-4-3-5-10-15;/h3-7,9-12H,8,13-14H2,1-2H3;1H. The van der Waals surface area contributed by atoms with Gasteiger partial charge < -0.3 is 14.1 Å². The molecule has 0 saturated carbocycles. The van der Waals surface area contributed by atoms with E-state index in [1.165, 1.54) is 0 Å². The zero-order valence-electron chi connectivity index (χ0n) is 14.4. The summed E-state index contributed by atoms with van der Waals surface area (Å²) in [6, 6.07) is 16.9. The van der Waals surface area contributed by atoms with Crippen LogP contribution in [0.3, 0.4) is 0 Å². The predicted octanol–water partition coefficient (Wildman–Crippen LogP) is 4.21. The van der Waals surface area contributed by atoms with E-state index < -0.39 is 0 Å². The summed E-state index contributed by atoms with van der Waals surface area (Å²) in [6.07, 6.45) is 0.841. The Balaban J connectivity index is 0.00000225. The van der Waals surface area contributed by atoms with Gasteiger partial charge >= 0.3 is 0 Å². The van der Waals surface area contributed by atoms with Gasteiger partial charge in [-0.1, -0.05) is 42.5 Å². The van der Waals surface area contributed by atoms with Crippen LogP contribution in [-0.2, 0) is 0 Å². The van der Waals surface area contributed by atoms with Gasteiger partial charge in [0, 0.05) is 12.1 Å². The molecule has 0 N–H and O–H groups in total. The third-order valence-corrected chi connectivity index (χ3v) is 3.79. The Morgan fingerprint density at radius 3 is 2.40 bits per heavy atom. The maximum Gasteiger partial charge on any atom is 0.235 e. The van der Waals surface area contributed by atoms with Crippen molar-refractivity contribution in [3.63, 3.8) is 0 Å². The number of ether oxygens (including phenoxy) is 1. The van der Waals surface area contributed by atoms with E-state index in [1.54, 1.807) is 12.1 Å². The van der Waals surface area contributed by atoms with Crippen molar-refractivity contribution < 1.29 is 9.15 Å². The molecule has 0 amide bonds. The van der Waals surface area contributed by atoms with Crippen molar-refractivity contribution in [1.82, 2.24) is 4.90 Å². The predicted molar refractivity (Wildman–Crippen MR) is 104 cm³/mol. The lowest BCUT2D eigenvalue weighted by atomic mass is 10.1. The monoisotopic (exact) mass is 359 g/mol. The van der Waals surface area contributed by atoms with Crippen molar-refractivity contribution >= 4 is 23.4 Å².